The van der Waals surface area contributed by atoms with Gasteiger partial charge in [0.1, 0.15) is 5.41 Å². The van der Waals surface area contributed by atoms with Gasteiger partial charge in [0, 0.05) is 45.7 Å². The molecule has 2 aromatic rings. The Bertz CT molecular complexity index is 795. The molecule has 1 aliphatic heterocycles. The lowest BCUT2D eigenvalue weighted by Crippen LogP contribution is -2.42. The highest BCUT2D eigenvalue weighted by atomic mass is 16.5. The molecule has 2 aromatic carbocycles. The van der Waals surface area contributed by atoms with Crippen molar-refractivity contribution in [3.63, 3.8) is 0 Å². The molecule has 1 aliphatic rings. The van der Waals surface area contributed by atoms with Gasteiger partial charge in [-0.2, -0.15) is 10.5 Å². The van der Waals surface area contributed by atoms with Gasteiger partial charge in [-0.05, 0) is 17.5 Å². The van der Waals surface area contributed by atoms with Gasteiger partial charge >= 0.3 is 0 Å². The number of hydrogen-bond acceptors (Lipinski definition) is 5. The second-order valence-corrected chi connectivity index (χ2v) is 7.70. The molecule has 5 nitrogen and oxygen atoms in total. The third-order valence-electron chi connectivity index (χ3n) is 5.90. The standard InChI is InChI=1S/C25H30N4O/c26-13-7-14-28(16-17-29-18-20-30-21-19-29)15-12-25(22-27,23-8-3-1-4-9-23)24-10-5-2-6-11-24/h1-6,8-11H,7,12,14-21H2. The number of nitrogens with zero attached hydrogens (tertiary/aromatic N) is 4. The van der Waals surface area contributed by atoms with Gasteiger partial charge in [0.15, 0.2) is 0 Å². The topological polar surface area (TPSA) is 63.3 Å². The Kier molecular flexibility index (Phi) is 8.41. The Morgan fingerprint density at radius 1 is 0.867 bits per heavy atom. The minimum absolute atomic E-state index is 0.499. The van der Waals surface area contributed by atoms with Gasteiger partial charge in [-0.15, -0.1) is 0 Å². The van der Waals surface area contributed by atoms with E-state index < -0.39 is 5.41 Å². The fraction of sp³-hybridized carbons (Fsp3) is 0.440. The summed E-state index contributed by atoms with van der Waals surface area (Å²) in [6.07, 6.45) is 1.19. The van der Waals surface area contributed by atoms with Gasteiger partial charge in [0.25, 0.3) is 0 Å². The van der Waals surface area contributed by atoms with E-state index in [4.69, 9.17) is 10.00 Å². The smallest absolute Gasteiger partial charge is 0.108 e. The number of benzene rings is 2. The third kappa shape index (κ3) is 5.68. The lowest BCUT2D eigenvalue weighted by molar-refractivity contribution is 0.0332. The van der Waals surface area contributed by atoms with Gasteiger partial charge < -0.3 is 9.64 Å². The second kappa shape index (κ2) is 11.5. The first-order valence-corrected chi connectivity index (χ1v) is 10.7. The highest BCUT2D eigenvalue weighted by Gasteiger charge is 2.34. The van der Waals surface area contributed by atoms with Crippen LogP contribution in [0.15, 0.2) is 60.7 Å². The number of ether oxygens (including phenoxy) is 1. The van der Waals surface area contributed by atoms with Crippen LogP contribution in [0, 0.1) is 22.7 Å². The number of rotatable bonds is 10. The van der Waals surface area contributed by atoms with Gasteiger partial charge in [-0.1, -0.05) is 60.7 Å². The Morgan fingerprint density at radius 3 is 2.00 bits per heavy atom. The van der Waals surface area contributed by atoms with E-state index in [1.807, 2.05) is 60.7 Å². The highest BCUT2D eigenvalue weighted by molar-refractivity contribution is 5.45. The van der Waals surface area contributed by atoms with Crippen LogP contribution in [0.5, 0.6) is 0 Å². The third-order valence-corrected chi connectivity index (χ3v) is 5.90. The van der Waals surface area contributed by atoms with E-state index in [2.05, 4.69) is 21.9 Å². The number of nitriles is 2. The first kappa shape index (κ1) is 22.0. The van der Waals surface area contributed by atoms with Crippen LogP contribution in [0.25, 0.3) is 0 Å². The molecule has 0 aromatic heterocycles. The zero-order valence-corrected chi connectivity index (χ0v) is 17.5. The molecular weight excluding hydrogens is 372 g/mol. The Morgan fingerprint density at radius 2 is 1.47 bits per heavy atom. The second-order valence-electron chi connectivity index (χ2n) is 7.70. The van der Waals surface area contributed by atoms with Gasteiger partial charge in [0.05, 0.1) is 25.4 Å². The molecule has 0 aliphatic carbocycles. The van der Waals surface area contributed by atoms with Crippen molar-refractivity contribution in [2.45, 2.75) is 18.3 Å². The van der Waals surface area contributed by atoms with Crippen molar-refractivity contribution in [1.29, 1.82) is 10.5 Å². The summed E-state index contributed by atoms with van der Waals surface area (Å²) in [5.41, 5.74) is 1.34. The molecule has 1 heterocycles. The first-order chi connectivity index (χ1) is 14.8. The quantitative estimate of drug-likeness (QED) is 0.609. The van der Waals surface area contributed by atoms with E-state index in [-0.39, 0.29) is 0 Å². The van der Waals surface area contributed by atoms with Crippen molar-refractivity contribution in [3.8, 4) is 12.1 Å². The molecule has 1 saturated heterocycles. The molecule has 0 saturated carbocycles. The first-order valence-electron chi connectivity index (χ1n) is 10.7. The van der Waals surface area contributed by atoms with Crippen LogP contribution in [-0.2, 0) is 10.2 Å². The largest absolute Gasteiger partial charge is 0.379 e. The summed E-state index contributed by atoms with van der Waals surface area (Å²) in [5, 5.41) is 19.5. The van der Waals surface area contributed by atoms with Crippen LogP contribution < -0.4 is 0 Å². The average molecular weight is 403 g/mol. The lowest BCUT2D eigenvalue weighted by atomic mass is 9.73. The number of hydrogen-bond donors (Lipinski definition) is 0. The van der Waals surface area contributed by atoms with Crippen LogP contribution in [0.3, 0.4) is 0 Å². The predicted octanol–water partition coefficient (Wildman–Crippen LogP) is 3.43. The molecule has 0 atom stereocenters. The van der Waals surface area contributed by atoms with Crippen LogP contribution in [-0.4, -0.2) is 62.3 Å². The lowest BCUT2D eigenvalue weighted by Gasteiger charge is -2.33. The molecule has 0 unspecified atom stereocenters. The summed E-state index contributed by atoms with van der Waals surface area (Å²) < 4.78 is 5.44. The van der Waals surface area contributed by atoms with Gasteiger partial charge in [0.2, 0.25) is 0 Å². The maximum absolute atomic E-state index is 10.4. The summed E-state index contributed by atoms with van der Waals surface area (Å²) in [5.74, 6) is 0. The molecule has 3 rings (SSSR count). The SMILES string of the molecule is N#CCCN(CCN1CCOCC1)CCC(C#N)(c1ccccc1)c1ccccc1. The van der Waals surface area contributed by atoms with Gasteiger partial charge in [-0.3, -0.25) is 4.90 Å². The van der Waals surface area contributed by atoms with E-state index >= 15 is 0 Å². The van der Waals surface area contributed by atoms with Gasteiger partial charge in [-0.25, -0.2) is 0 Å². The predicted molar refractivity (Wildman–Crippen MR) is 118 cm³/mol. The van der Waals surface area contributed by atoms with Crippen molar-refractivity contribution in [2.75, 3.05) is 52.5 Å². The fourth-order valence-electron chi connectivity index (χ4n) is 4.06. The summed E-state index contributed by atoms with van der Waals surface area (Å²) >= 11 is 0. The van der Waals surface area contributed by atoms with Crippen molar-refractivity contribution < 1.29 is 4.74 Å². The van der Waals surface area contributed by atoms with Crippen LogP contribution >= 0.6 is 0 Å². The van der Waals surface area contributed by atoms with E-state index in [1.165, 1.54) is 0 Å². The summed E-state index contributed by atoms with van der Waals surface area (Å²) in [6.45, 7) is 6.85. The Hall–Kier alpha value is -2.70. The highest BCUT2D eigenvalue weighted by Crippen LogP contribution is 2.35. The fourth-order valence-corrected chi connectivity index (χ4v) is 4.06. The van der Waals surface area contributed by atoms with E-state index in [1.54, 1.807) is 0 Å². The summed E-state index contributed by atoms with van der Waals surface area (Å²) in [4.78, 5) is 4.74. The molecule has 0 N–H and O–H groups in total. The molecule has 0 amide bonds. The molecule has 0 radical (unpaired) electrons. The van der Waals surface area contributed by atoms with Crippen LogP contribution in [0.4, 0.5) is 0 Å². The molecule has 156 valence electrons. The molecule has 1 fully saturated rings. The summed E-state index contributed by atoms with van der Waals surface area (Å²) in [7, 11) is 0. The zero-order valence-electron chi connectivity index (χ0n) is 17.5. The molecule has 0 spiro atoms. The van der Waals surface area contributed by atoms with E-state index in [0.29, 0.717) is 12.8 Å². The van der Waals surface area contributed by atoms with Crippen molar-refractivity contribution >= 4 is 0 Å². The normalized spacial score (nSPS) is 14.9. The maximum atomic E-state index is 10.4. The van der Waals surface area contributed by atoms with Crippen molar-refractivity contribution in [2.24, 2.45) is 0 Å². The Labute approximate surface area is 180 Å². The van der Waals surface area contributed by atoms with Crippen molar-refractivity contribution in [1.82, 2.24) is 9.80 Å². The molecule has 5 heteroatoms. The minimum Gasteiger partial charge on any atom is -0.379 e. The zero-order chi connectivity index (χ0) is 21.1. The van der Waals surface area contributed by atoms with Crippen LogP contribution in [0.1, 0.15) is 24.0 Å². The maximum Gasteiger partial charge on any atom is 0.108 e. The van der Waals surface area contributed by atoms with Crippen molar-refractivity contribution in [3.05, 3.63) is 71.8 Å². The van der Waals surface area contributed by atoms with E-state index in [9.17, 15) is 5.26 Å². The number of morpholine rings is 1. The summed E-state index contributed by atoms with van der Waals surface area (Å²) in [6, 6.07) is 25.1. The van der Waals surface area contributed by atoms with E-state index in [0.717, 1.165) is 63.6 Å². The average Bonchev–Trinajstić information content (AvgIpc) is 2.83. The molecule has 30 heavy (non-hydrogen) atoms. The van der Waals surface area contributed by atoms with Crippen LogP contribution in [0.2, 0.25) is 0 Å². The molecule has 0 bridgehead atoms. The minimum atomic E-state index is -0.702. The Balaban J connectivity index is 1.76. The monoisotopic (exact) mass is 402 g/mol. The molecular formula is C25H30N4O.